The Hall–Kier alpha value is -0.980. The minimum absolute atomic E-state index is 0. The molecule has 0 saturated heterocycles. The number of guanidine groups is 1. The number of nitrogens with zero attached hydrogens (tertiary/aromatic N) is 1. The van der Waals surface area contributed by atoms with Crippen LogP contribution in [0.15, 0.2) is 29.3 Å². The van der Waals surface area contributed by atoms with Gasteiger partial charge in [-0.2, -0.15) is 0 Å². The first-order valence-electron chi connectivity index (χ1n) is 5.84. The fourth-order valence-electron chi connectivity index (χ4n) is 1.38. The van der Waals surface area contributed by atoms with Gasteiger partial charge in [0.2, 0.25) is 0 Å². The van der Waals surface area contributed by atoms with Gasteiger partial charge in [0.25, 0.3) is 0 Å². The number of halogens is 1. The summed E-state index contributed by atoms with van der Waals surface area (Å²) >= 11 is 0. The number of benzene rings is 1. The molecule has 0 saturated carbocycles. The van der Waals surface area contributed by atoms with Crippen LogP contribution in [0.2, 0.25) is 0 Å². The van der Waals surface area contributed by atoms with Crippen molar-refractivity contribution in [2.45, 2.75) is 13.3 Å². The van der Waals surface area contributed by atoms with Crippen molar-refractivity contribution in [2.75, 3.05) is 27.2 Å². The molecule has 102 valence electrons. The first-order valence-corrected chi connectivity index (χ1v) is 5.84. The average Bonchev–Trinajstić information content (AvgIpc) is 2.36. The van der Waals surface area contributed by atoms with E-state index in [1.165, 1.54) is 5.56 Å². The highest BCUT2D eigenvalue weighted by Crippen LogP contribution is 2.11. The lowest BCUT2D eigenvalue weighted by atomic mass is 10.2. The smallest absolute Gasteiger partial charge is 0.190 e. The zero-order chi connectivity index (χ0) is 12.5. The zero-order valence-electron chi connectivity index (χ0n) is 11.2. The summed E-state index contributed by atoms with van der Waals surface area (Å²) in [7, 11) is 3.60. The van der Waals surface area contributed by atoms with Gasteiger partial charge in [0.1, 0.15) is 5.75 Å². The second-order valence-corrected chi connectivity index (χ2v) is 3.76. The summed E-state index contributed by atoms with van der Waals surface area (Å²) in [6.07, 6.45) is 0.939. The maximum absolute atomic E-state index is 5.61. The molecule has 0 amide bonds. The molecule has 4 nitrogen and oxygen atoms in total. The second kappa shape index (κ2) is 9.99. The molecule has 2 N–H and O–H groups in total. The van der Waals surface area contributed by atoms with Gasteiger partial charge in [-0.25, -0.2) is 0 Å². The van der Waals surface area contributed by atoms with E-state index >= 15 is 0 Å². The van der Waals surface area contributed by atoms with Gasteiger partial charge in [-0.05, 0) is 25.5 Å². The summed E-state index contributed by atoms with van der Waals surface area (Å²) < 4.78 is 5.61. The van der Waals surface area contributed by atoms with Crippen LogP contribution in [0.25, 0.3) is 0 Å². The van der Waals surface area contributed by atoms with Crippen LogP contribution in [0.5, 0.6) is 5.75 Å². The van der Waals surface area contributed by atoms with Crippen LogP contribution < -0.4 is 15.4 Å². The van der Waals surface area contributed by atoms with Crippen LogP contribution in [-0.2, 0) is 0 Å². The van der Waals surface area contributed by atoms with Crippen LogP contribution >= 0.6 is 24.0 Å². The quantitative estimate of drug-likeness (QED) is 0.365. The SMILES string of the molecule is CN=C(NC)NCCCOc1ccc(C)cc1.I. The lowest BCUT2D eigenvalue weighted by Gasteiger charge is -2.09. The molecule has 0 radical (unpaired) electrons. The summed E-state index contributed by atoms with van der Waals surface area (Å²) in [6, 6.07) is 8.09. The zero-order valence-corrected chi connectivity index (χ0v) is 13.5. The summed E-state index contributed by atoms with van der Waals surface area (Å²) in [4.78, 5) is 4.03. The van der Waals surface area contributed by atoms with Crippen molar-refractivity contribution in [2.24, 2.45) is 4.99 Å². The number of aryl methyl sites for hydroxylation is 1. The van der Waals surface area contributed by atoms with E-state index in [9.17, 15) is 0 Å². The van der Waals surface area contributed by atoms with Crippen LogP contribution in [0.3, 0.4) is 0 Å². The number of hydrogen-bond acceptors (Lipinski definition) is 2. The normalized spacial score (nSPS) is 10.5. The molecule has 1 rings (SSSR count). The van der Waals surface area contributed by atoms with E-state index in [1.807, 2.05) is 19.2 Å². The molecule has 0 aliphatic rings. The predicted molar refractivity (Wildman–Crippen MR) is 87.1 cm³/mol. The largest absolute Gasteiger partial charge is 0.494 e. The molecule has 0 aliphatic carbocycles. The number of nitrogens with one attached hydrogen (secondary N) is 2. The van der Waals surface area contributed by atoms with Crippen molar-refractivity contribution >= 4 is 29.9 Å². The third kappa shape index (κ3) is 6.68. The number of ether oxygens (including phenoxy) is 1. The monoisotopic (exact) mass is 363 g/mol. The van der Waals surface area contributed by atoms with Gasteiger partial charge in [-0.1, -0.05) is 17.7 Å². The fraction of sp³-hybridized carbons (Fsp3) is 0.462. The summed E-state index contributed by atoms with van der Waals surface area (Å²) in [6.45, 7) is 3.62. The van der Waals surface area contributed by atoms with Crippen LogP contribution in [0.4, 0.5) is 0 Å². The topological polar surface area (TPSA) is 45.7 Å². The van der Waals surface area contributed by atoms with Crippen LogP contribution in [0, 0.1) is 6.92 Å². The van der Waals surface area contributed by atoms with E-state index in [4.69, 9.17) is 4.74 Å². The number of rotatable bonds is 5. The van der Waals surface area contributed by atoms with E-state index in [1.54, 1.807) is 7.05 Å². The maximum Gasteiger partial charge on any atom is 0.190 e. The molecule has 0 spiro atoms. The molecule has 0 bridgehead atoms. The molecule has 0 atom stereocenters. The Morgan fingerprint density at radius 1 is 1.28 bits per heavy atom. The minimum atomic E-state index is 0. The molecule has 5 heteroatoms. The maximum atomic E-state index is 5.61. The highest BCUT2D eigenvalue weighted by atomic mass is 127. The molecule has 0 fully saturated rings. The predicted octanol–water partition coefficient (Wildman–Crippen LogP) is 2.18. The van der Waals surface area contributed by atoms with Crippen LogP contribution in [0.1, 0.15) is 12.0 Å². The third-order valence-corrected chi connectivity index (χ3v) is 2.36. The first kappa shape index (κ1) is 17.0. The molecular weight excluding hydrogens is 341 g/mol. The molecule has 0 unspecified atom stereocenters. The van der Waals surface area contributed by atoms with E-state index in [0.29, 0.717) is 6.61 Å². The lowest BCUT2D eigenvalue weighted by molar-refractivity contribution is 0.311. The molecule has 18 heavy (non-hydrogen) atoms. The van der Waals surface area contributed by atoms with Crippen molar-refractivity contribution in [3.8, 4) is 5.75 Å². The third-order valence-electron chi connectivity index (χ3n) is 2.36. The van der Waals surface area contributed by atoms with E-state index in [0.717, 1.165) is 24.7 Å². The highest BCUT2D eigenvalue weighted by Gasteiger charge is 1.95. The highest BCUT2D eigenvalue weighted by molar-refractivity contribution is 14.0. The number of aliphatic imine (C=N–C) groups is 1. The lowest BCUT2D eigenvalue weighted by Crippen LogP contribution is -2.35. The Balaban J connectivity index is 0.00000289. The van der Waals surface area contributed by atoms with Gasteiger partial charge in [0.05, 0.1) is 6.61 Å². The second-order valence-electron chi connectivity index (χ2n) is 3.76. The standard InChI is InChI=1S/C13H21N3O.HI/c1-11-5-7-12(8-6-11)17-10-4-9-16-13(14-2)15-3;/h5-8H,4,9-10H2,1-3H3,(H2,14,15,16);1H. The molecule has 0 heterocycles. The Bertz CT molecular complexity index is 352. The van der Waals surface area contributed by atoms with Gasteiger partial charge in [0, 0.05) is 20.6 Å². The van der Waals surface area contributed by atoms with E-state index in [-0.39, 0.29) is 24.0 Å². The van der Waals surface area contributed by atoms with Gasteiger partial charge < -0.3 is 15.4 Å². The molecule has 0 aromatic heterocycles. The van der Waals surface area contributed by atoms with Crippen molar-refractivity contribution in [3.05, 3.63) is 29.8 Å². The fourth-order valence-corrected chi connectivity index (χ4v) is 1.38. The summed E-state index contributed by atoms with van der Waals surface area (Å²) in [5, 5.41) is 6.14. The van der Waals surface area contributed by atoms with E-state index in [2.05, 4.69) is 34.7 Å². The summed E-state index contributed by atoms with van der Waals surface area (Å²) in [5.41, 5.74) is 1.25. The molecular formula is C13H22IN3O. The first-order chi connectivity index (χ1) is 8.26. The molecule has 1 aromatic rings. The van der Waals surface area contributed by atoms with Crippen molar-refractivity contribution in [1.29, 1.82) is 0 Å². The van der Waals surface area contributed by atoms with E-state index < -0.39 is 0 Å². The Morgan fingerprint density at radius 2 is 1.94 bits per heavy atom. The van der Waals surface area contributed by atoms with Gasteiger partial charge in [0.15, 0.2) is 5.96 Å². The molecule has 1 aromatic carbocycles. The Kier molecular flexibility index (Phi) is 9.45. The van der Waals surface area contributed by atoms with Gasteiger partial charge >= 0.3 is 0 Å². The minimum Gasteiger partial charge on any atom is -0.494 e. The van der Waals surface area contributed by atoms with Crippen LogP contribution in [-0.4, -0.2) is 33.2 Å². The Labute approximate surface area is 126 Å². The number of hydrogen-bond donors (Lipinski definition) is 2. The van der Waals surface area contributed by atoms with Crippen molar-refractivity contribution < 1.29 is 4.74 Å². The van der Waals surface area contributed by atoms with Gasteiger partial charge in [-0.3, -0.25) is 4.99 Å². The Morgan fingerprint density at radius 3 is 2.50 bits per heavy atom. The van der Waals surface area contributed by atoms with Crippen molar-refractivity contribution in [3.63, 3.8) is 0 Å². The molecule has 0 aliphatic heterocycles. The van der Waals surface area contributed by atoms with Crippen molar-refractivity contribution in [1.82, 2.24) is 10.6 Å². The summed E-state index contributed by atoms with van der Waals surface area (Å²) in [5.74, 6) is 1.73. The average molecular weight is 363 g/mol. The van der Waals surface area contributed by atoms with Gasteiger partial charge in [-0.15, -0.1) is 24.0 Å².